The van der Waals surface area contributed by atoms with Crippen LogP contribution in [0.1, 0.15) is 5.56 Å². The lowest BCUT2D eigenvalue weighted by Crippen LogP contribution is -2.40. The zero-order valence-electron chi connectivity index (χ0n) is 9.63. The van der Waals surface area contributed by atoms with Crippen LogP contribution in [-0.4, -0.2) is 25.5 Å². The summed E-state index contributed by atoms with van der Waals surface area (Å²) < 4.78 is 0. The maximum Gasteiger partial charge on any atom is 0.321 e. The van der Waals surface area contributed by atoms with Crippen molar-refractivity contribution in [1.82, 2.24) is 10.6 Å². The molecule has 0 atom stereocenters. The molecule has 0 unspecified atom stereocenters. The highest BCUT2D eigenvalue weighted by atomic mass is 35.5. The molecule has 0 saturated carbocycles. The van der Waals surface area contributed by atoms with Crippen molar-refractivity contribution in [2.45, 2.75) is 6.92 Å². The molecular weight excluding hydrogens is 242 g/mol. The predicted molar refractivity (Wildman–Crippen MR) is 67.3 cm³/mol. The van der Waals surface area contributed by atoms with E-state index < -0.39 is 11.9 Å². The topological polar surface area (TPSA) is 70.2 Å². The molecule has 1 aromatic rings. The number of hydrogen-bond donors (Lipinski definition) is 3. The number of rotatable bonds is 3. The smallest absolute Gasteiger partial charge is 0.321 e. The first-order valence-corrected chi connectivity index (χ1v) is 5.42. The molecule has 0 bridgehead atoms. The van der Waals surface area contributed by atoms with Crippen LogP contribution in [0.4, 0.5) is 10.5 Å². The molecule has 0 fully saturated rings. The van der Waals surface area contributed by atoms with Crippen molar-refractivity contribution < 1.29 is 9.59 Å². The molecule has 3 amide bonds. The van der Waals surface area contributed by atoms with Crippen LogP contribution in [-0.2, 0) is 4.79 Å². The van der Waals surface area contributed by atoms with E-state index in [-0.39, 0.29) is 6.54 Å². The second-order valence-corrected chi connectivity index (χ2v) is 3.87. The van der Waals surface area contributed by atoms with E-state index in [1.807, 2.05) is 13.0 Å². The fraction of sp³-hybridized carbons (Fsp3) is 0.273. The van der Waals surface area contributed by atoms with E-state index in [4.69, 9.17) is 11.6 Å². The Morgan fingerprint density at radius 2 is 2.06 bits per heavy atom. The van der Waals surface area contributed by atoms with E-state index in [0.29, 0.717) is 10.7 Å². The Balaban J connectivity index is 2.50. The number of hydrogen-bond acceptors (Lipinski definition) is 3. The van der Waals surface area contributed by atoms with Crippen LogP contribution in [0, 0.1) is 6.92 Å². The number of aryl methyl sites for hydroxylation is 1. The summed E-state index contributed by atoms with van der Waals surface area (Å²) in [7, 11) is 1.44. The number of imide groups is 1. The zero-order valence-corrected chi connectivity index (χ0v) is 10.4. The van der Waals surface area contributed by atoms with Crippen LogP contribution >= 0.6 is 11.6 Å². The van der Waals surface area contributed by atoms with Gasteiger partial charge in [-0.05, 0) is 24.6 Å². The van der Waals surface area contributed by atoms with Crippen LogP contribution in [0.5, 0.6) is 0 Å². The molecule has 1 rings (SSSR count). The SMILES string of the molecule is CNC(=O)NC(=O)CNc1ccc(C)cc1Cl. The largest absolute Gasteiger partial charge is 0.375 e. The maximum atomic E-state index is 11.3. The lowest BCUT2D eigenvalue weighted by Gasteiger charge is -2.08. The number of anilines is 1. The van der Waals surface area contributed by atoms with Gasteiger partial charge in [-0.3, -0.25) is 10.1 Å². The Kier molecular flexibility index (Phi) is 4.78. The Hall–Kier alpha value is -1.75. The molecule has 0 aliphatic carbocycles. The van der Waals surface area contributed by atoms with Gasteiger partial charge in [0.25, 0.3) is 0 Å². The van der Waals surface area contributed by atoms with Crippen molar-refractivity contribution in [3.8, 4) is 0 Å². The summed E-state index contributed by atoms with van der Waals surface area (Å²) in [5.41, 5.74) is 1.69. The van der Waals surface area contributed by atoms with Gasteiger partial charge in [0, 0.05) is 7.05 Å². The summed E-state index contributed by atoms with van der Waals surface area (Å²) >= 11 is 5.97. The van der Waals surface area contributed by atoms with E-state index in [2.05, 4.69) is 16.0 Å². The number of carbonyl (C=O) groups is 2. The Morgan fingerprint density at radius 3 is 2.65 bits per heavy atom. The van der Waals surface area contributed by atoms with Crippen LogP contribution in [0.2, 0.25) is 5.02 Å². The minimum absolute atomic E-state index is 0.0177. The minimum atomic E-state index is -0.535. The molecule has 6 heteroatoms. The molecule has 92 valence electrons. The van der Waals surface area contributed by atoms with Gasteiger partial charge in [0.05, 0.1) is 17.3 Å². The molecule has 0 aliphatic rings. The molecule has 0 heterocycles. The highest BCUT2D eigenvalue weighted by Gasteiger charge is 2.06. The molecule has 0 radical (unpaired) electrons. The third-order valence-corrected chi connectivity index (χ3v) is 2.36. The summed E-state index contributed by atoms with van der Waals surface area (Å²) in [6, 6.07) is 4.92. The summed E-state index contributed by atoms with van der Waals surface area (Å²) in [4.78, 5) is 22.1. The molecule has 5 nitrogen and oxygen atoms in total. The number of nitrogens with one attached hydrogen (secondary N) is 3. The lowest BCUT2D eigenvalue weighted by atomic mass is 10.2. The van der Waals surface area contributed by atoms with Crippen LogP contribution in [0.3, 0.4) is 0 Å². The fourth-order valence-electron chi connectivity index (χ4n) is 1.17. The van der Waals surface area contributed by atoms with Gasteiger partial charge in [0.1, 0.15) is 0 Å². The molecule has 0 spiro atoms. The van der Waals surface area contributed by atoms with Crippen molar-refractivity contribution >= 4 is 29.2 Å². The third-order valence-electron chi connectivity index (χ3n) is 2.04. The van der Waals surface area contributed by atoms with Gasteiger partial charge < -0.3 is 10.6 Å². The second-order valence-electron chi connectivity index (χ2n) is 3.46. The van der Waals surface area contributed by atoms with Gasteiger partial charge in [0.2, 0.25) is 5.91 Å². The predicted octanol–water partition coefficient (Wildman–Crippen LogP) is 1.52. The molecule has 3 N–H and O–H groups in total. The fourth-order valence-corrected chi connectivity index (χ4v) is 1.47. The molecule has 1 aromatic carbocycles. The first-order chi connectivity index (χ1) is 8.02. The molecule has 0 aliphatic heterocycles. The van der Waals surface area contributed by atoms with Gasteiger partial charge in [-0.25, -0.2) is 4.79 Å². The third kappa shape index (κ3) is 4.32. The van der Waals surface area contributed by atoms with Crippen LogP contribution in [0.25, 0.3) is 0 Å². The molecule has 0 aromatic heterocycles. The number of carbonyl (C=O) groups excluding carboxylic acids is 2. The maximum absolute atomic E-state index is 11.3. The van der Waals surface area contributed by atoms with Gasteiger partial charge in [0.15, 0.2) is 0 Å². The van der Waals surface area contributed by atoms with Crippen molar-refractivity contribution in [2.24, 2.45) is 0 Å². The highest BCUT2D eigenvalue weighted by Crippen LogP contribution is 2.22. The Labute approximate surface area is 105 Å². The minimum Gasteiger partial charge on any atom is -0.375 e. The Morgan fingerprint density at radius 1 is 1.35 bits per heavy atom. The van der Waals surface area contributed by atoms with Crippen LogP contribution in [0.15, 0.2) is 18.2 Å². The number of amides is 3. The summed E-state index contributed by atoms with van der Waals surface area (Å²) in [5, 5.41) is 7.81. The number of urea groups is 1. The number of benzene rings is 1. The number of halogens is 1. The van der Waals surface area contributed by atoms with Crippen LogP contribution < -0.4 is 16.0 Å². The van der Waals surface area contributed by atoms with Gasteiger partial charge in [-0.2, -0.15) is 0 Å². The molecular formula is C11H14ClN3O2. The first kappa shape index (κ1) is 13.3. The van der Waals surface area contributed by atoms with E-state index in [1.54, 1.807) is 12.1 Å². The summed E-state index contributed by atoms with van der Waals surface area (Å²) in [6.45, 7) is 1.91. The average Bonchev–Trinajstić information content (AvgIpc) is 2.27. The summed E-state index contributed by atoms with van der Waals surface area (Å²) in [6.07, 6.45) is 0. The van der Waals surface area contributed by atoms with Crippen molar-refractivity contribution in [3.63, 3.8) is 0 Å². The van der Waals surface area contributed by atoms with Crippen molar-refractivity contribution in [1.29, 1.82) is 0 Å². The normalized spacial score (nSPS) is 9.59. The van der Waals surface area contributed by atoms with Gasteiger partial charge >= 0.3 is 6.03 Å². The molecule has 17 heavy (non-hydrogen) atoms. The average molecular weight is 256 g/mol. The molecule has 0 saturated heterocycles. The zero-order chi connectivity index (χ0) is 12.8. The van der Waals surface area contributed by atoms with E-state index in [0.717, 1.165) is 5.56 Å². The lowest BCUT2D eigenvalue weighted by molar-refractivity contribution is -0.118. The van der Waals surface area contributed by atoms with Crippen molar-refractivity contribution in [3.05, 3.63) is 28.8 Å². The Bertz CT molecular complexity index is 435. The first-order valence-electron chi connectivity index (χ1n) is 5.04. The second kappa shape index (κ2) is 6.10. The van der Waals surface area contributed by atoms with Gasteiger partial charge in [-0.1, -0.05) is 17.7 Å². The summed E-state index contributed by atoms with van der Waals surface area (Å²) in [5.74, 6) is -0.430. The monoisotopic (exact) mass is 255 g/mol. The quantitative estimate of drug-likeness (QED) is 0.767. The van der Waals surface area contributed by atoms with E-state index >= 15 is 0 Å². The van der Waals surface area contributed by atoms with Gasteiger partial charge in [-0.15, -0.1) is 0 Å². The van der Waals surface area contributed by atoms with E-state index in [9.17, 15) is 9.59 Å². The standard InChI is InChI=1S/C11H14ClN3O2/c1-7-3-4-9(8(12)5-7)14-6-10(16)15-11(17)13-2/h3-5,14H,6H2,1-2H3,(H2,13,15,16,17). The highest BCUT2D eigenvalue weighted by molar-refractivity contribution is 6.33. The van der Waals surface area contributed by atoms with Crippen molar-refractivity contribution in [2.75, 3.05) is 18.9 Å². The van der Waals surface area contributed by atoms with E-state index in [1.165, 1.54) is 7.05 Å².